The van der Waals surface area contributed by atoms with Crippen LogP contribution in [0.4, 0.5) is 4.79 Å². The third-order valence-electron chi connectivity index (χ3n) is 5.25. The maximum Gasteiger partial charge on any atom is 0.409 e. The number of ether oxygens (including phenoxy) is 1. The highest BCUT2D eigenvalue weighted by atomic mass is 16.6. The van der Waals surface area contributed by atoms with Crippen molar-refractivity contribution in [1.29, 1.82) is 0 Å². The number of likely N-dealkylation sites (tertiary alicyclic amines) is 1. The lowest BCUT2D eigenvalue weighted by atomic mass is 9.89. The molecule has 2 rings (SSSR count). The molecule has 0 unspecified atom stereocenters. The maximum absolute atomic E-state index is 12.8. The van der Waals surface area contributed by atoms with Crippen LogP contribution in [-0.2, 0) is 14.3 Å². The van der Waals surface area contributed by atoms with Crippen LogP contribution < -0.4 is 5.32 Å². The van der Waals surface area contributed by atoms with E-state index in [4.69, 9.17) is 4.74 Å². The van der Waals surface area contributed by atoms with E-state index in [-0.39, 0.29) is 23.9 Å². The molecule has 0 aromatic heterocycles. The Balaban J connectivity index is 1.84. The Bertz CT molecular complexity index is 521. The second-order valence-electron chi connectivity index (χ2n) is 7.65. The summed E-state index contributed by atoms with van der Waals surface area (Å²) < 4.78 is 5.00. The molecule has 1 N–H and O–H groups in total. The number of likely N-dealkylation sites (N-methyl/N-ethyl adjacent to an activating group) is 1. The van der Waals surface area contributed by atoms with Crippen LogP contribution in [-0.4, -0.2) is 91.6 Å². The number of piperazine rings is 1. The van der Waals surface area contributed by atoms with Crippen LogP contribution in [0.5, 0.6) is 0 Å². The van der Waals surface area contributed by atoms with Gasteiger partial charge < -0.3 is 24.8 Å². The average Bonchev–Trinajstić information content (AvgIpc) is 2.62. The summed E-state index contributed by atoms with van der Waals surface area (Å²) in [5, 5.41) is 3.00. The second kappa shape index (κ2) is 8.70. The molecule has 0 bridgehead atoms. The summed E-state index contributed by atoms with van der Waals surface area (Å²) >= 11 is 0. The monoisotopic (exact) mass is 368 g/mol. The molecule has 0 saturated carbocycles. The highest BCUT2D eigenvalue weighted by Gasteiger charge is 2.40. The molecule has 148 valence electrons. The summed E-state index contributed by atoms with van der Waals surface area (Å²) in [6.45, 7) is 9.60. The quantitative estimate of drug-likeness (QED) is 0.732. The van der Waals surface area contributed by atoms with Crippen LogP contribution in [0.1, 0.15) is 33.6 Å². The molecule has 2 aliphatic rings. The summed E-state index contributed by atoms with van der Waals surface area (Å²) in [4.78, 5) is 42.9. The first kappa shape index (κ1) is 20.5. The van der Waals surface area contributed by atoms with Crippen LogP contribution in [0, 0.1) is 5.41 Å². The van der Waals surface area contributed by atoms with E-state index in [0.717, 1.165) is 13.1 Å². The Morgan fingerprint density at radius 3 is 2.12 bits per heavy atom. The number of rotatable bonds is 4. The zero-order chi connectivity index (χ0) is 19.3. The van der Waals surface area contributed by atoms with E-state index in [2.05, 4.69) is 10.2 Å². The Labute approximate surface area is 155 Å². The Morgan fingerprint density at radius 1 is 1.00 bits per heavy atom. The first-order valence-corrected chi connectivity index (χ1v) is 9.46. The van der Waals surface area contributed by atoms with Crippen molar-refractivity contribution in [3.8, 4) is 0 Å². The van der Waals surface area contributed by atoms with E-state index in [9.17, 15) is 14.4 Å². The maximum atomic E-state index is 12.8. The van der Waals surface area contributed by atoms with Crippen LogP contribution in [0.15, 0.2) is 0 Å². The van der Waals surface area contributed by atoms with Crippen molar-refractivity contribution < 1.29 is 19.1 Å². The van der Waals surface area contributed by atoms with Gasteiger partial charge in [-0.05, 0) is 40.7 Å². The van der Waals surface area contributed by atoms with Gasteiger partial charge in [0.25, 0.3) is 0 Å². The van der Waals surface area contributed by atoms with E-state index < -0.39 is 5.41 Å². The summed E-state index contributed by atoms with van der Waals surface area (Å²) in [6, 6.07) is -0.0206. The van der Waals surface area contributed by atoms with E-state index in [1.54, 1.807) is 30.6 Å². The first-order valence-electron chi connectivity index (χ1n) is 9.46. The standard InChI is InChI=1S/C18H32N4O4/c1-5-26-17(25)22-8-6-14(7-9-22)19-15(23)18(2,3)16(24)21-12-10-20(4)11-13-21/h14H,5-13H2,1-4H3,(H,19,23). The van der Waals surface area contributed by atoms with Crippen molar-refractivity contribution in [3.63, 3.8) is 0 Å². The van der Waals surface area contributed by atoms with Crippen molar-refractivity contribution in [3.05, 3.63) is 0 Å². The summed E-state index contributed by atoms with van der Waals surface area (Å²) in [5.41, 5.74) is -1.09. The number of hydrogen-bond acceptors (Lipinski definition) is 5. The third kappa shape index (κ3) is 4.87. The summed E-state index contributed by atoms with van der Waals surface area (Å²) in [5.74, 6) is -0.358. The van der Waals surface area contributed by atoms with Crippen LogP contribution in [0.25, 0.3) is 0 Å². The van der Waals surface area contributed by atoms with Gasteiger partial charge in [-0.1, -0.05) is 0 Å². The SMILES string of the molecule is CCOC(=O)N1CCC(NC(=O)C(C)(C)C(=O)N2CCN(C)CC2)CC1. The van der Waals surface area contributed by atoms with Gasteiger partial charge in [-0.2, -0.15) is 0 Å². The molecule has 0 aromatic rings. The van der Waals surface area contributed by atoms with E-state index in [1.807, 2.05) is 7.05 Å². The summed E-state index contributed by atoms with van der Waals surface area (Å²) in [7, 11) is 2.03. The van der Waals surface area contributed by atoms with Crippen molar-refractivity contribution in [2.24, 2.45) is 5.41 Å². The average molecular weight is 368 g/mol. The molecule has 0 spiro atoms. The van der Waals surface area contributed by atoms with Crippen molar-refractivity contribution in [2.45, 2.75) is 39.7 Å². The molecule has 0 aliphatic carbocycles. The molecule has 0 radical (unpaired) electrons. The largest absolute Gasteiger partial charge is 0.450 e. The molecule has 2 heterocycles. The lowest BCUT2D eigenvalue weighted by molar-refractivity contribution is -0.150. The Kier molecular flexibility index (Phi) is 6.86. The molecule has 8 nitrogen and oxygen atoms in total. The van der Waals surface area contributed by atoms with Crippen LogP contribution in [0.3, 0.4) is 0 Å². The fourth-order valence-electron chi connectivity index (χ4n) is 3.29. The van der Waals surface area contributed by atoms with Gasteiger partial charge in [-0.3, -0.25) is 9.59 Å². The molecule has 2 saturated heterocycles. The number of nitrogens with one attached hydrogen (secondary N) is 1. The molecule has 2 fully saturated rings. The number of amides is 3. The predicted octanol–water partition coefficient (Wildman–Crippen LogP) is 0.524. The van der Waals surface area contributed by atoms with Crippen LogP contribution >= 0.6 is 0 Å². The summed E-state index contributed by atoms with van der Waals surface area (Å²) in [6.07, 6.45) is 1.04. The number of piperidine rings is 1. The molecular weight excluding hydrogens is 336 g/mol. The van der Waals surface area contributed by atoms with Gasteiger partial charge in [0.1, 0.15) is 5.41 Å². The van der Waals surface area contributed by atoms with Crippen molar-refractivity contribution >= 4 is 17.9 Å². The van der Waals surface area contributed by atoms with E-state index >= 15 is 0 Å². The van der Waals surface area contributed by atoms with Gasteiger partial charge in [0, 0.05) is 45.3 Å². The number of hydrogen-bond donors (Lipinski definition) is 1. The van der Waals surface area contributed by atoms with Gasteiger partial charge in [0.05, 0.1) is 6.61 Å². The lowest BCUT2D eigenvalue weighted by Crippen LogP contribution is -2.56. The smallest absolute Gasteiger partial charge is 0.409 e. The van der Waals surface area contributed by atoms with Crippen molar-refractivity contribution in [2.75, 3.05) is 52.9 Å². The highest BCUT2D eigenvalue weighted by molar-refractivity contribution is 6.04. The minimum atomic E-state index is -1.09. The number of nitrogens with zero attached hydrogens (tertiary/aromatic N) is 3. The minimum absolute atomic E-state index is 0.0206. The van der Waals surface area contributed by atoms with E-state index in [0.29, 0.717) is 45.6 Å². The van der Waals surface area contributed by atoms with Gasteiger partial charge in [-0.15, -0.1) is 0 Å². The Hall–Kier alpha value is -1.83. The molecule has 0 atom stereocenters. The normalized spacial score (nSPS) is 20.0. The molecule has 26 heavy (non-hydrogen) atoms. The number of carbonyl (C=O) groups is 3. The Morgan fingerprint density at radius 2 is 1.58 bits per heavy atom. The molecule has 2 aliphatic heterocycles. The van der Waals surface area contributed by atoms with Crippen molar-refractivity contribution in [1.82, 2.24) is 20.0 Å². The second-order valence-corrected chi connectivity index (χ2v) is 7.65. The fraction of sp³-hybridized carbons (Fsp3) is 0.833. The topological polar surface area (TPSA) is 82.2 Å². The lowest BCUT2D eigenvalue weighted by Gasteiger charge is -2.38. The fourth-order valence-corrected chi connectivity index (χ4v) is 3.29. The molecule has 3 amide bonds. The van der Waals surface area contributed by atoms with Gasteiger partial charge >= 0.3 is 6.09 Å². The zero-order valence-electron chi connectivity index (χ0n) is 16.4. The highest BCUT2D eigenvalue weighted by Crippen LogP contribution is 2.22. The van der Waals surface area contributed by atoms with E-state index in [1.165, 1.54) is 0 Å². The van der Waals surface area contributed by atoms with Gasteiger partial charge in [-0.25, -0.2) is 4.79 Å². The third-order valence-corrected chi connectivity index (χ3v) is 5.25. The zero-order valence-corrected chi connectivity index (χ0v) is 16.4. The molecule has 8 heteroatoms. The van der Waals surface area contributed by atoms with Gasteiger partial charge in [0.15, 0.2) is 0 Å². The first-order chi connectivity index (χ1) is 12.3. The molecule has 0 aromatic carbocycles. The minimum Gasteiger partial charge on any atom is -0.450 e. The molecular formula is C18H32N4O4. The number of carbonyl (C=O) groups excluding carboxylic acids is 3. The van der Waals surface area contributed by atoms with Gasteiger partial charge in [0.2, 0.25) is 11.8 Å². The predicted molar refractivity (Wildman–Crippen MR) is 97.6 cm³/mol. The van der Waals surface area contributed by atoms with Crippen LogP contribution in [0.2, 0.25) is 0 Å².